The van der Waals surface area contributed by atoms with Crippen molar-refractivity contribution in [2.45, 2.75) is 39.2 Å². The van der Waals surface area contributed by atoms with E-state index in [0.717, 1.165) is 18.4 Å². The third-order valence-corrected chi connectivity index (χ3v) is 3.64. The highest BCUT2D eigenvalue weighted by Gasteiger charge is 2.24. The van der Waals surface area contributed by atoms with E-state index in [1.54, 1.807) is 25.1 Å². The van der Waals surface area contributed by atoms with Crippen molar-refractivity contribution in [2.75, 3.05) is 0 Å². The van der Waals surface area contributed by atoms with E-state index < -0.39 is 6.09 Å². The molecule has 1 amide bonds. The first-order chi connectivity index (χ1) is 10.6. The molecule has 0 saturated heterocycles. The first-order valence-electron chi connectivity index (χ1n) is 7.38. The summed E-state index contributed by atoms with van der Waals surface area (Å²) in [4.78, 5) is 26.1. The van der Waals surface area contributed by atoms with Crippen LogP contribution in [-0.2, 0) is 6.42 Å². The van der Waals surface area contributed by atoms with Gasteiger partial charge in [-0.3, -0.25) is 4.79 Å². The van der Waals surface area contributed by atoms with Crippen molar-refractivity contribution >= 4 is 6.09 Å². The van der Waals surface area contributed by atoms with Gasteiger partial charge in [0.15, 0.2) is 0 Å². The van der Waals surface area contributed by atoms with E-state index in [2.05, 4.69) is 10.3 Å². The first-order valence-corrected chi connectivity index (χ1v) is 7.38. The van der Waals surface area contributed by atoms with Gasteiger partial charge in [-0.15, -0.1) is 0 Å². The van der Waals surface area contributed by atoms with Crippen LogP contribution in [0, 0.1) is 6.92 Å². The van der Waals surface area contributed by atoms with Crippen LogP contribution in [0.3, 0.4) is 0 Å². The standard InChI is InChI=1S/C16H18N2O4/c1-3-10-8-12(9(2)17-15(10)19)13-6-7-14(21-13)22-16(20)18-11-4-5-11/h6-8,11H,3-5H2,1-2H3,(H,17,19)(H,18,20). The first kappa shape index (κ1) is 14.4. The minimum Gasteiger partial charge on any atom is -0.425 e. The Morgan fingerprint density at radius 1 is 1.45 bits per heavy atom. The fourth-order valence-electron chi connectivity index (χ4n) is 2.22. The van der Waals surface area contributed by atoms with Crippen LogP contribution in [0.4, 0.5) is 4.79 Å². The molecule has 0 radical (unpaired) electrons. The van der Waals surface area contributed by atoms with Crippen LogP contribution in [0.1, 0.15) is 31.0 Å². The van der Waals surface area contributed by atoms with Gasteiger partial charge in [-0.25, -0.2) is 4.79 Å². The van der Waals surface area contributed by atoms with Crippen molar-refractivity contribution in [3.8, 4) is 17.3 Å². The van der Waals surface area contributed by atoms with Crippen LogP contribution in [0.5, 0.6) is 5.95 Å². The molecule has 0 bridgehead atoms. The summed E-state index contributed by atoms with van der Waals surface area (Å²) in [6.07, 6.45) is 2.12. The van der Waals surface area contributed by atoms with Gasteiger partial charge >= 0.3 is 6.09 Å². The molecule has 22 heavy (non-hydrogen) atoms. The maximum absolute atomic E-state index is 11.8. The van der Waals surface area contributed by atoms with E-state index >= 15 is 0 Å². The minimum atomic E-state index is -0.504. The summed E-state index contributed by atoms with van der Waals surface area (Å²) in [5, 5.41) is 2.72. The Kier molecular flexibility index (Phi) is 3.75. The summed E-state index contributed by atoms with van der Waals surface area (Å²) in [7, 11) is 0. The number of carbonyl (C=O) groups is 1. The predicted octanol–water partition coefficient (Wildman–Crippen LogP) is 2.76. The van der Waals surface area contributed by atoms with E-state index in [-0.39, 0.29) is 17.5 Å². The highest BCUT2D eigenvalue weighted by molar-refractivity contribution is 5.71. The summed E-state index contributed by atoms with van der Waals surface area (Å²) >= 11 is 0. The number of aromatic amines is 1. The van der Waals surface area contributed by atoms with Crippen LogP contribution < -0.4 is 15.6 Å². The largest absolute Gasteiger partial charge is 0.425 e. The number of pyridine rings is 1. The second-order valence-electron chi connectivity index (χ2n) is 5.44. The van der Waals surface area contributed by atoms with E-state index in [0.29, 0.717) is 23.4 Å². The van der Waals surface area contributed by atoms with Gasteiger partial charge in [0, 0.05) is 28.9 Å². The fourth-order valence-corrected chi connectivity index (χ4v) is 2.22. The lowest BCUT2D eigenvalue weighted by Crippen LogP contribution is -2.28. The van der Waals surface area contributed by atoms with Gasteiger partial charge in [0.25, 0.3) is 11.5 Å². The molecular formula is C16H18N2O4. The zero-order valence-corrected chi connectivity index (χ0v) is 12.6. The number of aromatic nitrogens is 1. The molecule has 2 heterocycles. The molecule has 0 aromatic carbocycles. The SMILES string of the molecule is CCc1cc(-c2ccc(OC(=O)NC3CC3)o2)c(C)[nH]c1=O. The number of rotatable bonds is 4. The molecule has 6 heteroatoms. The number of amides is 1. The lowest BCUT2D eigenvalue weighted by atomic mass is 10.1. The van der Waals surface area contributed by atoms with Crippen LogP contribution in [-0.4, -0.2) is 17.1 Å². The molecule has 1 saturated carbocycles. The molecule has 0 spiro atoms. The van der Waals surface area contributed by atoms with Gasteiger partial charge in [0.1, 0.15) is 5.76 Å². The summed E-state index contributed by atoms with van der Waals surface area (Å²) < 4.78 is 10.7. The number of carbonyl (C=O) groups excluding carboxylic acids is 1. The molecule has 0 atom stereocenters. The topological polar surface area (TPSA) is 84.3 Å². The normalized spacial score (nSPS) is 13.9. The van der Waals surface area contributed by atoms with Crippen LogP contribution in [0.15, 0.2) is 27.4 Å². The number of hydrogen-bond donors (Lipinski definition) is 2. The lowest BCUT2D eigenvalue weighted by molar-refractivity contribution is 0.187. The predicted molar refractivity (Wildman–Crippen MR) is 81.1 cm³/mol. The fraction of sp³-hybridized carbons (Fsp3) is 0.375. The number of H-pyrrole nitrogens is 1. The number of ether oxygens (including phenoxy) is 1. The third-order valence-electron chi connectivity index (χ3n) is 3.64. The zero-order valence-electron chi connectivity index (χ0n) is 12.6. The van der Waals surface area contributed by atoms with Gasteiger partial charge in [-0.2, -0.15) is 0 Å². The third kappa shape index (κ3) is 3.05. The Morgan fingerprint density at radius 2 is 2.23 bits per heavy atom. The lowest BCUT2D eigenvalue weighted by Gasteiger charge is -2.05. The number of nitrogens with one attached hydrogen (secondary N) is 2. The maximum atomic E-state index is 11.8. The van der Waals surface area contributed by atoms with E-state index in [1.165, 1.54) is 0 Å². The second kappa shape index (κ2) is 5.71. The summed E-state index contributed by atoms with van der Waals surface area (Å²) in [5.74, 6) is 0.689. The number of furan rings is 1. The average Bonchev–Trinajstić information content (AvgIpc) is 3.16. The Morgan fingerprint density at radius 3 is 2.91 bits per heavy atom. The quantitative estimate of drug-likeness (QED) is 0.909. The molecule has 2 aromatic rings. The molecular weight excluding hydrogens is 284 g/mol. The van der Waals surface area contributed by atoms with Gasteiger partial charge in [-0.1, -0.05) is 6.92 Å². The van der Waals surface area contributed by atoms with Gasteiger partial charge < -0.3 is 19.5 Å². The smallest absolute Gasteiger partial charge is 0.415 e. The Hall–Kier alpha value is -2.50. The molecule has 2 N–H and O–H groups in total. The molecule has 1 aliphatic carbocycles. The average molecular weight is 302 g/mol. The minimum absolute atomic E-state index is 0.0874. The van der Waals surface area contributed by atoms with Crippen molar-refractivity contribution in [1.29, 1.82) is 0 Å². The van der Waals surface area contributed by atoms with Crippen molar-refractivity contribution in [2.24, 2.45) is 0 Å². The van der Waals surface area contributed by atoms with Gasteiger partial charge in [-0.05, 0) is 38.3 Å². The molecule has 3 rings (SSSR count). The highest BCUT2D eigenvalue weighted by atomic mass is 16.6. The van der Waals surface area contributed by atoms with Crippen LogP contribution >= 0.6 is 0 Å². The van der Waals surface area contributed by atoms with Gasteiger partial charge in [0.05, 0.1) is 0 Å². The molecule has 6 nitrogen and oxygen atoms in total. The maximum Gasteiger partial charge on any atom is 0.415 e. The van der Waals surface area contributed by atoms with Crippen molar-refractivity contribution in [3.05, 3.63) is 39.8 Å². The Labute approximate surface area is 127 Å². The monoisotopic (exact) mass is 302 g/mol. The molecule has 116 valence electrons. The molecule has 0 aliphatic heterocycles. The highest BCUT2D eigenvalue weighted by Crippen LogP contribution is 2.28. The Bertz CT molecular complexity index is 756. The molecule has 0 unspecified atom stereocenters. The van der Waals surface area contributed by atoms with E-state index in [9.17, 15) is 9.59 Å². The van der Waals surface area contributed by atoms with Crippen molar-refractivity contribution < 1.29 is 13.9 Å². The molecule has 1 aliphatic rings. The number of aryl methyl sites for hydroxylation is 2. The summed E-state index contributed by atoms with van der Waals surface area (Å²) in [6.45, 7) is 3.72. The Balaban J connectivity index is 1.80. The van der Waals surface area contributed by atoms with Crippen LogP contribution in [0.2, 0.25) is 0 Å². The second-order valence-corrected chi connectivity index (χ2v) is 5.44. The summed E-state index contributed by atoms with van der Waals surface area (Å²) in [5.41, 5.74) is 2.10. The van der Waals surface area contributed by atoms with E-state index in [4.69, 9.17) is 9.15 Å². The zero-order chi connectivity index (χ0) is 15.7. The molecule has 2 aromatic heterocycles. The van der Waals surface area contributed by atoms with Crippen molar-refractivity contribution in [1.82, 2.24) is 10.3 Å². The van der Waals surface area contributed by atoms with Gasteiger partial charge in [0.2, 0.25) is 0 Å². The van der Waals surface area contributed by atoms with Crippen LogP contribution in [0.25, 0.3) is 11.3 Å². The molecule has 1 fully saturated rings. The number of hydrogen-bond acceptors (Lipinski definition) is 4. The van der Waals surface area contributed by atoms with E-state index in [1.807, 2.05) is 6.92 Å². The summed E-state index contributed by atoms with van der Waals surface area (Å²) in [6, 6.07) is 5.36. The van der Waals surface area contributed by atoms with Crippen molar-refractivity contribution in [3.63, 3.8) is 0 Å².